The SMILES string of the molecule is Nc1cnccc1SCCCCO. The smallest absolute Gasteiger partial charge is 0.0638 e. The first-order valence-electron chi connectivity index (χ1n) is 4.27. The van der Waals surface area contributed by atoms with Gasteiger partial charge in [0.1, 0.15) is 0 Å². The van der Waals surface area contributed by atoms with Crippen LogP contribution in [0.25, 0.3) is 0 Å². The van der Waals surface area contributed by atoms with Crippen molar-refractivity contribution in [3.8, 4) is 0 Å². The van der Waals surface area contributed by atoms with E-state index in [9.17, 15) is 0 Å². The highest BCUT2D eigenvalue weighted by Gasteiger charge is 1.97. The van der Waals surface area contributed by atoms with Gasteiger partial charge in [-0.15, -0.1) is 11.8 Å². The zero-order chi connectivity index (χ0) is 9.52. The molecule has 0 aliphatic carbocycles. The van der Waals surface area contributed by atoms with Crippen LogP contribution in [0.2, 0.25) is 0 Å². The largest absolute Gasteiger partial charge is 0.397 e. The summed E-state index contributed by atoms with van der Waals surface area (Å²) >= 11 is 1.71. The molecular weight excluding hydrogens is 184 g/mol. The van der Waals surface area contributed by atoms with Crippen molar-refractivity contribution >= 4 is 17.4 Å². The van der Waals surface area contributed by atoms with Gasteiger partial charge in [-0.1, -0.05) is 0 Å². The van der Waals surface area contributed by atoms with Crippen molar-refractivity contribution in [2.45, 2.75) is 17.7 Å². The minimum absolute atomic E-state index is 0.270. The van der Waals surface area contributed by atoms with E-state index in [2.05, 4.69) is 4.98 Å². The quantitative estimate of drug-likeness (QED) is 0.556. The summed E-state index contributed by atoms with van der Waals surface area (Å²) in [5.74, 6) is 0.995. The van der Waals surface area contributed by atoms with Crippen LogP contribution in [-0.4, -0.2) is 22.5 Å². The molecule has 0 bridgehead atoms. The van der Waals surface area contributed by atoms with Crippen molar-refractivity contribution in [3.05, 3.63) is 18.5 Å². The number of aliphatic hydroxyl groups excluding tert-OH is 1. The third-order valence-corrected chi connectivity index (χ3v) is 2.80. The number of aromatic nitrogens is 1. The van der Waals surface area contributed by atoms with Crippen LogP contribution < -0.4 is 5.73 Å². The summed E-state index contributed by atoms with van der Waals surface area (Å²) in [4.78, 5) is 4.99. The Labute approximate surface area is 82.4 Å². The topological polar surface area (TPSA) is 59.1 Å². The van der Waals surface area contributed by atoms with Crippen LogP contribution >= 0.6 is 11.8 Å². The van der Waals surface area contributed by atoms with Gasteiger partial charge >= 0.3 is 0 Å². The highest BCUT2D eigenvalue weighted by molar-refractivity contribution is 7.99. The highest BCUT2D eigenvalue weighted by Crippen LogP contribution is 2.24. The molecule has 1 aromatic rings. The number of rotatable bonds is 5. The minimum Gasteiger partial charge on any atom is -0.397 e. The van der Waals surface area contributed by atoms with E-state index < -0.39 is 0 Å². The molecule has 0 fully saturated rings. The fourth-order valence-electron chi connectivity index (χ4n) is 0.921. The molecule has 4 heteroatoms. The van der Waals surface area contributed by atoms with E-state index in [1.54, 1.807) is 24.2 Å². The zero-order valence-electron chi connectivity index (χ0n) is 7.44. The second kappa shape index (κ2) is 5.83. The van der Waals surface area contributed by atoms with Crippen LogP contribution in [0.3, 0.4) is 0 Å². The predicted octanol–water partition coefficient (Wildman–Crippen LogP) is 1.53. The third kappa shape index (κ3) is 3.65. The van der Waals surface area contributed by atoms with Crippen molar-refractivity contribution in [1.82, 2.24) is 4.98 Å². The second-order valence-corrected chi connectivity index (χ2v) is 3.83. The average Bonchev–Trinajstić information content (AvgIpc) is 2.15. The number of hydrogen-bond acceptors (Lipinski definition) is 4. The normalized spacial score (nSPS) is 10.2. The van der Waals surface area contributed by atoms with Crippen LogP contribution in [0.15, 0.2) is 23.4 Å². The number of anilines is 1. The average molecular weight is 198 g/mol. The zero-order valence-corrected chi connectivity index (χ0v) is 8.26. The first-order chi connectivity index (χ1) is 6.34. The standard InChI is InChI=1S/C9H14N2OS/c10-8-7-11-4-3-9(8)13-6-2-1-5-12/h3-4,7,12H,1-2,5-6,10H2. The Bertz CT molecular complexity index is 255. The lowest BCUT2D eigenvalue weighted by molar-refractivity contribution is 0.287. The fourth-order valence-corrected chi connectivity index (χ4v) is 1.87. The maximum Gasteiger partial charge on any atom is 0.0638 e. The van der Waals surface area contributed by atoms with Crippen LogP contribution in [0.1, 0.15) is 12.8 Å². The van der Waals surface area contributed by atoms with Gasteiger partial charge in [-0.2, -0.15) is 0 Å². The Hall–Kier alpha value is -0.740. The van der Waals surface area contributed by atoms with E-state index in [1.165, 1.54) is 0 Å². The second-order valence-electron chi connectivity index (χ2n) is 2.69. The summed E-state index contributed by atoms with van der Waals surface area (Å²) in [7, 11) is 0. The number of pyridine rings is 1. The van der Waals surface area contributed by atoms with E-state index >= 15 is 0 Å². The molecule has 0 aromatic carbocycles. The van der Waals surface area contributed by atoms with Crippen molar-refractivity contribution in [2.24, 2.45) is 0 Å². The van der Waals surface area contributed by atoms with E-state index in [0.29, 0.717) is 0 Å². The molecule has 3 nitrogen and oxygen atoms in total. The Morgan fingerprint density at radius 2 is 2.31 bits per heavy atom. The van der Waals surface area contributed by atoms with Crippen LogP contribution in [0.4, 0.5) is 5.69 Å². The molecule has 0 saturated heterocycles. The van der Waals surface area contributed by atoms with Gasteiger partial charge in [0.05, 0.1) is 11.9 Å². The lowest BCUT2D eigenvalue weighted by Crippen LogP contribution is -1.91. The monoisotopic (exact) mass is 198 g/mol. The molecule has 0 amide bonds. The van der Waals surface area contributed by atoms with Crippen molar-refractivity contribution in [1.29, 1.82) is 0 Å². The molecule has 0 spiro atoms. The summed E-state index contributed by atoms with van der Waals surface area (Å²) in [5, 5.41) is 8.57. The summed E-state index contributed by atoms with van der Waals surface area (Å²) < 4.78 is 0. The molecule has 1 aromatic heterocycles. The molecule has 0 saturated carbocycles. The van der Waals surface area contributed by atoms with Crippen LogP contribution in [0.5, 0.6) is 0 Å². The summed E-state index contributed by atoms with van der Waals surface area (Å²) in [6.07, 6.45) is 5.28. The molecule has 0 radical (unpaired) electrons. The van der Waals surface area contributed by atoms with Crippen molar-refractivity contribution in [2.75, 3.05) is 18.1 Å². The van der Waals surface area contributed by atoms with Gasteiger partial charge in [-0.05, 0) is 24.7 Å². The Morgan fingerprint density at radius 1 is 1.46 bits per heavy atom. The van der Waals surface area contributed by atoms with E-state index in [0.717, 1.165) is 29.2 Å². The van der Waals surface area contributed by atoms with Gasteiger partial charge in [0, 0.05) is 17.7 Å². The van der Waals surface area contributed by atoms with Gasteiger partial charge < -0.3 is 10.8 Å². The van der Waals surface area contributed by atoms with Crippen molar-refractivity contribution in [3.63, 3.8) is 0 Å². The van der Waals surface area contributed by atoms with Gasteiger partial charge in [0.15, 0.2) is 0 Å². The molecule has 1 heterocycles. The first-order valence-corrected chi connectivity index (χ1v) is 5.26. The van der Waals surface area contributed by atoms with Crippen LogP contribution in [0, 0.1) is 0 Å². The molecule has 0 aliphatic heterocycles. The van der Waals surface area contributed by atoms with E-state index in [1.807, 2.05) is 6.07 Å². The van der Waals surface area contributed by atoms with Gasteiger partial charge in [-0.25, -0.2) is 0 Å². The fraction of sp³-hybridized carbons (Fsp3) is 0.444. The Morgan fingerprint density at radius 3 is 3.00 bits per heavy atom. The molecule has 3 N–H and O–H groups in total. The Kier molecular flexibility index (Phi) is 4.64. The molecule has 0 aliphatic rings. The van der Waals surface area contributed by atoms with Gasteiger partial charge in [0.2, 0.25) is 0 Å². The first kappa shape index (κ1) is 10.3. The number of hydrogen-bond donors (Lipinski definition) is 2. The van der Waals surface area contributed by atoms with E-state index in [-0.39, 0.29) is 6.61 Å². The number of aliphatic hydroxyl groups is 1. The number of unbranched alkanes of at least 4 members (excludes halogenated alkanes) is 1. The summed E-state index contributed by atoms with van der Waals surface area (Å²) in [6.45, 7) is 0.270. The minimum atomic E-state index is 0.270. The van der Waals surface area contributed by atoms with Crippen LogP contribution in [-0.2, 0) is 0 Å². The highest BCUT2D eigenvalue weighted by atomic mass is 32.2. The van der Waals surface area contributed by atoms with E-state index in [4.69, 9.17) is 10.8 Å². The molecule has 72 valence electrons. The molecule has 1 rings (SSSR count). The summed E-state index contributed by atoms with van der Waals surface area (Å²) in [6, 6.07) is 1.92. The lowest BCUT2D eigenvalue weighted by Gasteiger charge is -2.03. The maximum absolute atomic E-state index is 8.57. The third-order valence-electron chi connectivity index (χ3n) is 1.62. The summed E-state index contributed by atoms with van der Waals surface area (Å²) in [5.41, 5.74) is 6.44. The Balaban J connectivity index is 2.32. The lowest BCUT2D eigenvalue weighted by atomic mass is 10.4. The van der Waals surface area contributed by atoms with Gasteiger partial charge in [-0.3, -0.25) is 4.98 Å². The number of nitrogens with zero attached hydrogens (tertiary/aromatic N) is 1. The number of nitrogens with two attached hydrogens (primary N) is 1. The van der Waals surface area contributed by atoms with Crippen molar-refractivity contribution < 1.29 is 5.11 Å². The number of thioether (sulfide) groups is 1. The molecule has 13 heavy (non-hydrogen) atoms. The van der Waals surface area contributed by atoms with Gasteiger partial charge in [0.25, 0.3) is 0 Å². The predicted molar refractivity (Wildman–Crippen MR) is 55.7 cm³/mol. The molecule has 0 atom stereocenters. The maximum atomic E-state index is 8.57. The molecule has 0 unspecified atom stereocenters. The number of nitrogen functional groups attached to an aromatic ring is 1. The molecular formula is C9H14N2OS.